The minimum absolute atomic E-state index is 0. The molecule has 0 bridgehead atoms. The maximum atomic E-state index is 3.44. The van der Waals surface area contributed by atoms with Gasteiger partial charge < -0.3 is 10.6 Å². The third-order valence-corrected chi connectivity index (χ3v) is 3.43. The van der Waals surface area contributed by atoms with Crippen LogP contribution in [0, 0.1) is 11.8 Å². The molecule has 0 aromatic heterocycles. The highest BCUT2D eigenvalue weighted by Gasteiger charge is 2.24. The average molecular weight is 314 g/mol. The van der Waals surface area contributed by atoms with Gasteiger partial charge in [0.15, 0.2) is 0 Å². The van der Waals surface area contributed by atoms with Crippen molar-refractivity contribution in [3.05, 3.63) is 0 Å². The number of hydrogen-bond donors (Lipinski definition) is 2. The first-order valence-electron chi connectivity index (χ1n) is 5.38. The molecule has 0 radical (unpaired) electrons. The van der Waals surface area contributed by atoms with Gasteiger partial charge >= 0.3 is 0 Å². The first-order valence-corrected chi connectivity index (χ1v) is 5.38. The maximum absolute atomic E-state index is 3.44. The monoisotopic (exact) mass is 312 g/mol. The van der Waals surface area contributed by atoms with Crippen molar-refractivity contribution in [2.45, 2.75) is 25.7 Å². The molecular weight excluding hydrogens is 290 g/mol. The standard InChI is InChI=1S/C10H20N2.4ClH/c1-5-11-6-2-9(1)10-3-7-12-8-4-10;;;;/h9-12H,1-8H2;4*1H. The first-order chi connectivity index (χ1) is 5.97. The van der Waals surface area contributed by atoms with E-state index < -0.39 is 0 Å². The predicted octanol–water partition coefficient (Wildman–Crippen LogP) is 2.67. The summed E-state index contributed by atoms with van der Waals surface area (Å²) in [5, 5.41) is 6.88. The Morgan fingerprint density at radius 3 is 1.00 bits per heavy atom. The predicted molar refractivity (Wildman–Crippen MR) is 80.2 cm³/mol. The first kappa shape index (κ1) is 22.3. The molecule has 0 amide bonds. The summed E-state index contributed by atoms with van der Waals surface area (Å²) in [6, 6.07) is 0. The lowest BCUT2D eigenvalue weighted by molar-refractivity contribution is 0.212. The van der Waals surface area contributed by atoms with Gasteiger partial charge in [0.25, 0.3) is 0 Å². The number of rotatable bonds is 1. The van der Waals surface area contributed by atoms with E-state index in [4.69, 9.17) is 0 Å². The van der Waals surface area contributed by atoms with Gasteiger partial charge in [0.1, 0.15) is 0 Å². The Morgan fingerprint density at radius 2 is 0.750 bits per heavy atom. The van der Waals surface area contributed by atoms with Crippen LogP contribution in [0.25, 0.3) is 0 Å². The van der Waals surface area contributed by atoms with E-state index in [2.05, 4.69) is 10.6 Å². The van der Waals surface area contributed by atoms with Crippen LogP contribution in [0.2, 0.25) is 0 Å². The largest absolute Gasteiger partial charge is 0.317 e. The zero-order valence-corrected chi connectivity index (χ0v) is 12.7. The zero-order valence-electron chi connectivity index (χ0n) is 9.44. The molecule has 2 aliphatic rings. The highest BCUT2D eigenvalue weighted by atomic mass is 35.5. The lowest BCUT2D eigenvalue weighted by atomic mass is 9.80. The molecule has 2 nitrogen and oxygen atoms in total. The van der Waals surface area contributed by atoms with Crippen LogP contribution in [0.1, 0.15) is 25.7 Å². The van der Waals surface area contributed by atoms with E-state index in [1.165, 1.54) is 51.9 Å². The molecular formula is C10H24Cl4N2. The van der Waals surface area contributed by atoms with Gasteiger partial charge in [-0.25, -0.2) is 0 Å². The van der Waals surface area contributed by atoms with Crippen molar-refractivity contribution in [1.82, 2.24) is 10.6 Å². The third-order valence-electron chi connectivity index (χ3n) is 3.43. The molecule has 2 rings (SSSR count). The van der Waals surface area contributed by atoms with Gasteiger partial charge in [0, 0.05) is 0 Å². The number of hydrogen-bond acceptors (Lipinski definition) is 2. The summed E-state index contributed by atoms with van der Waals surface area (Å²) >= 11 is 0. The highest BCUT2D eigenvalue weighted by Crippen LogP contribution is 2.28. The second kappa shape index (κ2) is 12.5. The van der Waals surface area contributed by atoms with Crippen molar-refractivity contribution < 1.29 is 0 Å². The van der Waals surface area contributed by atoms with Crippen LogP contribution >= 0.6 is 49.6 Å². The number of halogens is 4. The van der Waals surface area contributed by atoms with Crippen LogP contribution in [-0.4, -0.2) is 26.2 Å². The van der Waals surface area contributed by atoms with Gasteiger partial charge in [-0.1, -0.05) is 0 Å². The zero-order chi connectivity index (χ0) is 8.23. The van der Waals surface area contributed by atoms with E-state index in [9.17, 15) is 0 Å². The maximum Gasteiger partial charge on any atom is -0.00462 e. The Labute approximate surface area is 124 Å². The highest BCUT2D eigenvalue weighted by molar-refractivity contribution is 5.86. The summed E-state index contributed by atoms with van der Waals surface area (Å²) in [4.78, 5) is 0. The van der Waals surface area contributed by atoms with Gasteiger partial charge in [-0.05, 0) is 63.7 Å². The van der Waals surface area contributed by atoms with Crippen molar-refractivity contribution in [2.75, 3.05) is 26.2 Å². The molecule has 16 heavy (non-hydrogen) atoms. The Balaban J connectivity index is -0.000000422. The van der Waals surface area contributed by atoms with E-state index in [0.29, 0.717) is 0 Å². The van der Waals surface area contributed by atoms with E-state index in [-0.39, 0.29) is 49.6 Å². The van der Waals surface area contributed by atoms with Gasteiger partial charge in [-0.2, -0.15) is 0 Å². The van der Waals surface area contributed by atoms with Crippen LogP contribution < -0.4 is 10.6 Å². The Hall–Kier alpha value is 1.08. The Bertz CT molecular complexity index is 121. The number of nitrogens with one attached hydrogen (secondary N) is 2. The molecule has 0 unspecified atom stereocenters. The molecule has 0 aromatic carbocycles. The molecule has 0 saturated carbocycles. The summed E-state index contributed by atoms with van der Waals surface area (Å²) in [7, 11) is 0. The normalized spacial score (nSPS) is 21.8. The minimum atomic E-state index is 0. The summed E-state index contributed by atoms with van der Waals surface area (Å²) in [5.74, 6) is 2.07. The second-order valence-corrected chi connectivity index (χ2v) is 4.17. The molecule has 2 fully saturated rings. The van der Waals surface area contributed by atoms with Crippen molar-refractivity contribution in [3.63, 3.8) is 0 Å². The van der Waals surface area contributed by atoms with Crippen molar-refractivity contribution in [2.24, 2.45) is 11.8 Å². The lowest BCUT2D eigenvalue weighted by Gasteiger charge is -2.33. The van der Waals surface area contributed by atoms with E-state index >= 15 is 0 Å². The number of piperidine rings is 2. The van der Waals surface area contributed by atoms with E-state index in [1.54, 1.807) is 0 Å². The van der Waals surface area contributed by atoms with Crippen LogP contribution in [0.5, 0.6) is 0 Å². The fourth-order valence-corrected chi connectivity index (χ4v) is 2.63. The summed E-state index contributed by atoms with van der Waals surface area (Å²) in [6.45, 7) is 5.03. The van der Waals surface area contributed by atoms with Gasteiger partial charge in [-0.3, -0.25) is 0 Å². The minimum Gasteiger partial charge on any atom is -0.317 e. The van der Waals surface area contributed by atoms with Crippen LogP contribution in [0.3, 0.4) is 0 Å². The molecule has 2 heterocycles. The van der Waals surface area contributed by atoms with E-state index in [0.717, 1.165) is 11.8 Å². The molecule has 2 aliphatic heterocycles. The lowest BCUT2D eigenvalue weighted by Crippen LogP contribution is -2.37. The summed E-state index contributed by atoms with van der Waals surface area (Å²) < 4.78 is 0. The fourth-order valence-electron chi connectivity index (χ4n) is 2.63. The van der Waals surface area contributed by atoms with Crippen LogP contribution in [-0.2, 0) is 0 Å². The summed E-state index contributed by atoms with van der Waals surface area (Å²) in [5.41, 5.74) is 0. The molecule has 0 spiro atoms. The SMILES string of the molecule is C1CC(C2CCNCC2)CCN1.Cl.Cl.Cl.Cl. The molecule has 102 valence electrons. The summed E-state index contributed by atoms with van der Waals surface area (Å²) in [6.07, 6.45) is 5.69. The van der Waals surface area contributed by atoms with Crippen molar-refractivity contribution in [3.8, 4) is 0 Å². The topological polar surface area (TPSA) is 24.1 Å². The van der Waals surface area contributed by atoms with Gasteiger partial charge in [0.05, 0.1) is 0 Å². The Kier molecular flexibility index (Phi) is 17.5. The molecule has 2 saturated heterocycles. The van der Waals surface area contributed by atoms with Crippen molar-refractivity contribution in [1.29, 1.82) is 0 Å². The smallest absolute Gasteiger partial charge is 0.00462 e. The molecule has 6 heteroatoms. The van der Waals surface area contributed by atoms with E-state index in [1.807, 2.05) is 0 Å². The third kappa shape index (κ3) is 6.73. The fraction of sp³-hybridized carbons (Fsp3) is 1.00. The Morgan fingerprint density at radius 1 is 0.500 bits per heavy atom. The van der Waals surface area contributed by atoms with Gasteiger partial charge in [0.2, 0.25) is 0 Å². The van der Waals surface area contributed by atoms with Crippen LogP contribution in [0.15, 0.2) is 0 Å². The molecule has 0 aliphatic carbocycles. The molecule has 2 N–H and O–H groups in total. The molecule has 0 atom stereocenters. The van der Waals surface area contributed by atoms with Gasteiger partial charge in [-0.15, -0.1) is 49.6 Å². The molecule has 0 aromatic rings. The van der Waals surface area contributed by atoms with Crippen molar-refractivity contribution >= 4 is 49.6 Å². The van der Waals surface area contributed by atoms with Crippen LogP contribution in [0.4, 0.5) is 0 Å². The second-order valence-electron chi connectivity index (χ2n) is 4.17. The quantitative estimate of drug-likeness (QED) is 0.778. The average Bonchev–Trinajstić information content (AvgIpc) is 2.21.